The molecule has 4 rings (SSSR count). The van der Waals surface area contributed by atoms with Gasteiger partial charge in [-0.3, -0.25) is 0 Å². The molecule has 2 aromatic heterocycles. The Bertz CT molecular complexity index is 970. The normalized spacial score (nSPS) is 11.2. The van der Waals surface area contributed by atoms with Crippen molar-refractivity contribution in [1.82, 2.24) is 14.8 Å². The third kappa shape index (κ3) is 2.41. The van der Waals surface area contributed by atoms with Crippen LogP contribution >= 0.6 is 11.6 Å². The molecule has 0 spiro atoms. The lowest BCUT2D eigenvalue weighted by Gasteiger charge is -1.97. The largest absolute Gasteiger partial charge is 0.416 e. The van der Waals surface area contributed by atoms with E-state index in [-0.39, 0.29) is 0 Å². The van der Waals surface area contributed by atoms with E-state index in [4.69, 9.17) is 16.0 Å². The average Bonchev–Trinajstić information content (AvgIpc) is 3.20. The van der Waals surface area contributed by atoms with Crippen LogP contribution in [-0.4, -0.2) is 14.8 Å². The maximum absolute atomic E-state index is 5.91. The van der Waals surface area contributed by atoms with Crippen LogP contribution in [0.5, 0.6) is 0 Å². The van der Waals surface area contributed by atoms with Gasteiger partial charge in [0.15, 0.2) is 0 Å². The smallest absolute Gasteiger partial charge is 0.250 e. The van der Waals surface area contributed by atoms with E-state index in [0.29, 0.717) is 16.8 Å². The lowest BCUT2D eigenvalue weighted by Crippen LogP contribution is -1.89. The molecule has 4 aromatic rings. The first kappa shape index (κ1) is 14.0. The second kappa shape index (κ2) is 5.56. The van der Waals surface area contributed by atoms with E-state index < -0.39 is 0 Å². The van der Waals surface area contributed by atoms with Crippen molar-refractivity contribution < 1.29 is 4.42 Å². The molecule has 0 aliphatic carbocycles. The fourth-order valence-electron chi connectivity index (χ4n) is 2.72. The van der Waals surface area contributed by atoms with Crippen LogP contribution in [0.1, 0.15) is 6.92 Å². The van der Waals surface area contributed by atoms with Gasteiger partial charge in [-0.2, -0.15) is 0 Å². The quantitative estimate of drug-likeness (QED) is 0.531. The summed E-state index contributed by atoms with van der Waals surface area (Å²) < 4.78 is 8.06. The molecule has 0 aliphatic rings. The summed E-state index contributed by atoms with van der Waals surface area (Å²) in [4.78, 5) is 0. The van der Waals surface area contributed by atoms with Gasteiger partial charge in [0.25, 0.3) is 0 Å². The van der Waals surface area contributed by atoms with Crippen LogP contribution in [-0.2, 0) is 6.54 Å². The number of para-hydroxylation sites is 1. The van der Waals surface area contributed by atoms with Gasteiger partial charge in [-0.05, 0) is 37.3 Å². The molecule has 0 bridgehead atoms. The minimum atomic E-state index is 0.491. The molecule has 23 heavy (non-hydrogen) atoms. The van der Waals surface area contributed by atoms with Crippen LogP contribution in [0, 0.1) is 0 Å². The van der Waals surface area contributed by atoms with Gasteiger partial charge in [0.05, 0.1) is 5.56 Å². The van der Waals surface area contributed by atoms with Crippen molar-refractivity contribution in [2.75, 3.05) is 0 Å². The third-order valence-corrected chi connectivity index (χ3v) is 4.13. The molecule has 2 heterocycles. The van der Waals surface area contributed by atoms with Crippen LogP contribution < -0.4 is 0 Å². The van der Waals surface area contributed by atoms with Crippen molar-refractivity contribution in [3.8, 4) is 22.9 Å². The van der Waals surface area contributed by atoms with Crippen LogP contribution in [0.15, 0.2) is 59.1 Å². The highest BCUT2D eigenvalue weighted by Crippen LogP contribution is 2.31. The fraction of sp³-hybridized carbons (Fsp3) is 0.111. The first-order valence-electron chi connectivity index (χ1n) is 7.44. The summed E-state index contributed by atoms with van der Waals surface area (Å²) in [5.74, 6) is 1.02. The molecule has 5 heteroatoms. The minimum absolute atomic E-state index is 0.491. The summed E-state index contributed by atoms with van der Waals surface area (Å²) in [6.07, 6.45) is 2.06. The molecule has 0 fully saturated rings. The Morgan fingerprint density at radius 1 is 1.00 bits per heavy atom. The SMILES string of the molecule is CCn1cc(-c2nnc(-c3ccc(Cl)cc3)o2)c2ccccc21. The van der Waals surface area contributed by atoms with Crippen LogP contribution in [0.25, 0.3) is 33.8 Å². The molecule has 0 saturated carbocycles. The number of hydrogen-bond acceptors (Lipinski definition) is 3. The van der Waals surface area contributed by atoms with Crippen molar-refractivity contribution in [3.63, 3.8) is 0 Å². The van der Waals surface area contributed by atoms with E-state index in [1.165, 1.54) is 0 Å². The van der Waals surface area contributed by atoms with E-state index >= 15 is 0 Å². The van der Waals surface area contributed by atoms with Gasteiger partial charge < -0.3 is 8.98 Å². The zero-order chi connectivity index (χ0) is 15.8. The third-order valence-electron chi connectivity index (χ3n) is 3.88. The Morgan fingerprint density at radius 2 is 1.74 bits per heavy atom. The summed E-state index contributed by atoms with van der Waals surface area (Å²) in [6, 6.07) is 15.6. The Balaban J connectivity index is 1.82. The highest BCUT2D eigenvalue weighted by Gasteiger charge is 2.16. The van der Waals surface area contributed by atoms with Crippen molar-refractivity contribution in [3.05, 3.63) is 59.8 Å². The lowest BCUT2D eigenvalue weighted by atomic mass is 10.2. The van der Waals surface area contributed by atoms with Crippen molar-refractivity contribution in [1.29, 1.82) is 0 Å². The zero-order valence-electron chi connectivity index (χ0n) is 12.5. The molecular weight excluding hydrogens is 310 g/mol. The van der Waals surface area contributed by atoms with Gasteiger partial charge in [0.2, 0.25) is 11.8 Å². The molecule has 0 unspecified atom stereocenters. The summed E-state index contributed by atoms with van der Waals surface area (Å²) in [5.41, 5.74) is 2.97. The molecular formula is C18H14ClN3O. The van der Waals surface area contributed by atoms with Gasteiger partial charge in [-0.15, -0.1) is 10.2 Å². The molecule has 0 amide bonds. The standard InChI is InChI=1S/C18H14ClN3O/c1-2-22-11-15(14-5-3-4-6-16(14)22)18-21-20-17(23-18)12-7-9-13(19)10-8-12/h3-11H,2H2,1H3. The van der Waals surface area contributed by atoms with E-state index in [1.54, 1.807) is 0 Å². The molecule has 0 saturated heterocycles. The fourth-order valence-corrected chi connectivity index (χ4v) is 2.85. The average molecular weight is 324 g/mol. The van der Waals surface area contributed by atoms with Gasteiger partial charge >= 0.3 is 0 Å². The Morgan fingerprint density at radius 3 is 2.52 bits per heavy atom. The van der Waals surface area contributed by atoms with Crippen molar-refractivity contribution in [2.24, 2.45) is 0 Å². The van der Waals surface area contributed by atoms with Gasteiger partial charge in [0, 0.05) is 34.2 Å². The van der Waals surface area contributed by atoms with Crippen LogP contribution in [0.4, 0.5) is 0 Å². The second-order valence-corrected chi connectivity index (χ2v) is 5.70. The minimum Gasteiger partial charge on any atom is -0.416 e. The van der Waals surface area contributed by atoms with Crippen molar-refractivity contribution >= 4 is 22.5 Å². The molecule has 0 atom stereocenters. The molecule has 114 valence electrons. The predicted octanol–water partition coefficient (Wildman–Crippen LogP) is 5.03. The number of halogens is 1. The number of aryl methyl sites for hydroxylation is 1. The zero-order valence-corrected chi connectivity index (χ0v) is 13.3. The van der Waals surface area contributed by atoms with Gasteiger partial charge in [-0.25, -0.2) is 0 Å². The summed E-state index contributed by atoms with van der Waals surface area (Å²) in [6.45, 7) is 3.00. The monoisotopic (exact) mass is 323 g/mol. The number of hydrogen-bond donors (Lipinski definition) is 0. The Kier molecular flexibility index (Phi) is 3.39. The van der Waals surface area contributed by atoms with Crippen LogP contribution in [0.3, 0.4) is 0 Å². The highest BCUT2D eigenvalue weighted by molar-refractivity contribution is 6.30. The summed E-state index contributed by atoms with van der Waals surface area (Å²) >= 11 is 5.91. The van der Waals surface area contributed by atoms with E-state index in [2.05, 4.69) is 40.0 Å². The molecule has 0 aliphatic heterocycles. The van der Waals surface area contributed by atoms with Gasteiger partial charge in [0.1, 0.15) is 0 Å². The summed E-state index contributed by atoms with van der Waals surface area (Å²) in [7, 11) is 0. The maximum Gasteiger partial charge on any atom is 0.250 e. The van der Waals surface area contributed by atoms with E-state index in [1.807, 2.05) is 36.4 Å². The highest BCUT2D eigenvalue weighted by atomic mass is 35.5. The maximum atomic E-state index is 5.91. The van der Waals surface area contributed by atoms with E-state index in [0.717, 1.165) is 28.6 Å². The first-order chi connectivity index (χ1) is 11.3. The molecule has 4 nitrogen and oxygen atoms in total. The Labute approximate surface area is 138 Å². The topological polar surface area (TPSA) is 43.9 Å². The predicted molar refractivity (Wildman–Crippen MR) is 91.4 cm³/mol. The number of fused-ring (bicyclic) bond motifs is 1. The van der Waals surface area contributed by atoms with Gasteiger partial charge in [-0.1, -0.05) is 29.8 Å². The number of rotatable bonds is 3. The first-order valence-corrected chi connectivity index (χ1v) is 7.81. The number of nitrogens with zero attached hydrogens (tertiary/aromatic N) is 3. The number of aromatic nitrogens is 3. The molecule has 0 radical (unpaired) electrons. The van der Waals surface area contributed by atoms with Crippen molar-refractivity contribution in [2.45, 2.75) is 13.5 Å². The summed E-state index contributed by atoms with van der Waals surface area (Å²) in [5, 5.41) is 10.2. The lowest BCUT2D eigenvalue weighted by molar-refractivity contribution is 0.585. The Hall–Kier alpha value is -2.59. The van der Waals surface area contributed by atoms with Crippen LogP contribution in [0.2, 0.25) is 5.02 Å². The molecule has 0 N–H and O–H groups in total. The second-order valence-electron chi connectivity index (χ2n) is 5.27. The number of benzene rings is 2. The van der Waals surface area contributed by atoms with E-state index in [9.17, 15) is 0 Å². The molecule has 2 aromatic carbocycles.